The maximum atomic E-state index is 4.43. The summed E-state index contributed by atoms with van der Waals surface area (Å²) in [4.78, 5) is 4.43. The Bertz CT molecular complexity index is 781. The van der Waals surface area contributed by atoms with Gasteiger partial charge in [-0.2, -0.15) is 0 Å². The Kier molecular flexibility index (Phi) is 5.51. The molecule has 0 radical (unpaired) electrons. The molecule has 1 heterocycles. The molecule has 0 aliphatic heterocycles. The highest BCUT2D eigenvalue weighted by Crippen LogP contribution is 2.24. The fraction of sp³-hybridized carbons (Fsp3) is 0.150. The molecule has 0 amide bonds. The molecule has 0 aliphatic rings. The van der Waals surface area contributed by atoms with E-state index in [9.17, 15) is 0 Å². The number of fused-ring (bicyclic) bond motifs is 1. The third kappa shape index (κ3) is 4.28. The summed E-state index contributed by atoms with van der Waals surface area (Å²) in [6.07, 6.45) is 8.78. The first kappa shape index (κ1) is 16.4. The highest BCUT2D eigenvalue weighted by atomic mass is 79.9. The van der Waals surface area contributed by atoms with E-state index in [0.717, 1.165) is 27.6 Å². The Hall–Kier alpha value is -1.93. The van der Waals surface area contributed by atoms with Crippen molar-refractivity contribution in [2.75, 3.05) is 0 Å². The number of pyridine rings is 1. The Morgan fingerprint density at radius 2 is 2.00 bits per heavy atom. The third-order valence-corrected chi connectivity index (χ3v) is 3.98. The monoisotopic (exact) mass is 353 g/mol. The average molecular weight is 354 g/mol. The lowest BCUT2D eigenvalue weighted by Crippen LogP contribution is -1.93. The van der Waals surface area contributed by atoms with Gasteiger partial charge in [0.15, 0.2) is 0 Å². The van der Waals surface area contributed by atoms with Crippen LogP contribution in [0.4, 0.5) is 0 Å². The van der Waals surface area contributed by atoms with Crippen LogP contribution in [-0.4, -0.2) is 4.98 Å². The molecule has 0 saturated heterocycles. The second-order valence-electron chi connectivity index (χ2n) is 5.47. The summed E-state index contributed by atoms with van der Waals surface area (Å²) in [5.41, 5.74) is 5.59. The predicted molar refractivity (Wildman–Crippen MR) is 100.0 cm³/mol. The van der Waals surface area contributed by atoms with E-state index in [1.807, 2.05) is 31.3 Å². The minimum atomic E-state index is 0.823. The van der Waals surface area contributed by atoms with Crippen LogP contribution in [-0.2, 0) is 6.42 Å². The minimum absolute atomic E-state index is 0.823. The van der Waals surface area contributed by atoms with E-state index in [1.165, 1.54) is 16.5 Å². The highest BCUT2D eigenvalue weighted by molar-refractivity contribution is 9.10. The maximum Gasteiger partial charge on any atom is 0.0716 e. The van der Waals surface area contributed by atoms with Crippen molar-refractivity contribution in [2.45, 2.75) is 20.3 Å². The zero-order valence-electron chi connectivity index (χ0n) is 13.1. The van der Waals surface area contributed by atoms with Gasteiger partial charge in [-0.25, -0.2) is 0 Å². The predicted octanol–water partition coefficient (Wildman–Crippen LogP) is 6.17. The molecule has 1 aromatic heterocycles. The fourth-order valence-corrected chi connectivity index (χ4v) is 2.53. The first-order valence-electron chi connectivity index (χ1n) is 7.19. The van der Waals surface area contributed by atoms with Crippen molar-refractivity contribution in [1.82, 2.24) is 4.98 Å². The lowest BCUT2D eigenvalue weighted by molar-refractivity contribution is 1.16. The summed E-state index contributed by atoms with van der Waals surface area (Å²) in [7, 11) is 0. The molecule has 0 bridgehead atoms. The van der Waals surface area contributed by atoms with Crippen molar-refractivity contribution in [3.05, 3.63) is 88.6 Å². The van der Waals surface area contributed by atoms with E-state index in [4.69, 9.17) is 0 Å². The van der Waals surface area contributed by atoms with Crippen LogP contribution >= 0.6 is 15.9 Å². The van der Waals surface area contributed by atoms with Crippen molar-refractivity contribution < 1.29 is 0 Å². The van der Waals surface area contributed by atoms with Crippen molar-refractivity contribution in [2.24, 2.45) is 0 Å². The van der Waals surface area contributed by atoms with E-state index in [-0.39, 0.29) is 0 Å². The normalized spacial score (nSPS) is 12.0. The highest BCUT2D eigenvalue weighted by Gasteiger charge is 2.05. The van der Waals surface area contributed by atoms with Crippen LogP contribution in [0.3, 0.4) is 0 Å². The smallest absolute Gasteiger partial charge is 0.0716 e. The molecule has 0 N–H and O–H groups in total. The van der Waals surface area contributed by atoms with Crippen molar-refractivity contribution in [3.8, 4) is 0 Å². The van der Waals surface area contributed by atoms with Gasteiger partial charge in [-0.1, -0.05) is 59.0 Å². The Labute approximate surface area is 140 Å². The Morgan fingerprint density at radius 1 is 1.23 bits per heavy atom. The number of halogens is 1. The van der Waals surface area contributed by atoms with E-state index in [2.05, 4.69) is 65.3 Å². The SMILES string of the molecule is C=C(C)/C=C\C=C(/C)C(=C)Cc1ccnc2cc(Br)ccc12. The number of allylic oxidation sites excluding steroid dienone is 6. The molecule has 0 atom stereocenters. The molecule has 112 valence electrons. The molecule has 0 aliphatic carbocycles. The number of hydrogen-bond donors (Lipinski definition) is 0. The van der Waals surface area contributed by atoms with E-state index in [0.29, 0.717) is 0 Å². The van der Waals surface area contributed by atoms with Gasteiger partial charge in [-0.05, 0) is 55.2 Å². The van der Waals surface area contributed by atoms with Gasteiger partial charge in [-0.15, -0.1) is 0 Å². The van der Waals surface area contributed by atoms with E-state index < -0.39 is 0 Å². The fourth-order valence-electron chi connectivity index (χ4n) is 2.18. The van der Waals surface area contributed by atoms with Gasteiger partial charge in [0.25, 0.3) is 0 Å². The average Bonchev–Trinajstić information content (AvgIpc) is 2.46. The molecule has 2 rings (SSSR count). The topological polar surface area (TPSA) is 12.9 Å². The molecule has 2 aromatic rings. The zero-order valence-corrected chi connectivity index (χ0v) is 14.7. The van der Waals surface area contributed by atoms with Crippen molar-refractivity contribution in [1.29, 1.82) is 0 Å². The van der Waals surface area contributed by atoms with Crippen LogP contribution in [0.25, 0.3) is 10.9 Å². The van der Waals surface area contributed by atoms with Gasteiger partial charge < -0.3 is 0 Å². The largest absolute Gasteiger partial charge is 0.256 e. The quantitative estimate of drug-likeness (QED) is 0.585. The number of rotatable bonds is 5. The molecular weight excluding hydrogens is 334 g/mol. The maximum absolute atomic E-state index is 4.43. The van der Waals surface area contributed by atoms with Crippen molar-refractivity contribution >= 4 is 26.8 Å². The van der Waals surface area contributed by atoms with Gasteiger partial charge in [0.1, 0.15) is 0 Å². The summed E-state index contributed by atoms with van der Waals surface area (Å²) in [6, 6.07) is 8.27. The summed E-state index contributed by atoms with van der Waals surface area (Å²) in [5.74, 6) is 0. The van der Waals surface area contributed by atoms with Crippen LogP contribution in [0.2, 0.25) is 0 Å². The molecule has 0 unspecified atom stereocenters. The number of nitrogens with zero attached hydrogens (tertiary/aromatic N) is 1. The van der Waals surface area contributed by atoms with E-state index >= 15 is 0 Å². The summed E-state index contributed by atoms with van der Waals surface area (Å²) >= 11 is 3.49. The summed E-state index contributed by atoms with van der Waals surface area (Å²) < 4.78 is 1.05. The van der Waals surface area contributed by atoms with Gasteiger partial charge in [0, 0.05) is 16.1 Å². The molecule has 1 nitrogen and oxygen atoms in total. The van der Waals surface area contributed by atoms with E-state index in [1.54, 1.807) is 0 Å². The lowest BCUT2D eigenvalue weighted by Gasteiger charge is -2.09. The van der Waals surface area contributed by atoms with Gasteiger partial charge >= 0.3 is 0 Å². The molecule has 1 aromatic carbocycles. The number of hydrogen-bond acceptors (Lipinski definition) is 1. The first-order chi connectivity index (χ1) is 10.5. The van der Waals surface area contributed by atoms with Gasteiger partial charge in [-0.3, -0.25) is 4.98 Å². The Balaban J connectivity index is 2.23. The molecular formula is C20H20BrN. The Morgan fingerprint density at radius 3 is 2.73 bits per heavy atom. The molecule has 2 heteroatoms. The van der Waals surface area contributed by atoms with Crippen LogP contribution < -0.4 is 0 Å². The van der Waals surface area contributed by atoms with Gasteiger partial charge in [0.05, 0.1) is 5.52 Å². The summed E-state index contributed by atoms with van der Waals surface area (Å²) in [6.45, 7) is 12.1. The molecule has 22 heavy (non-hydrogen) atoms. The van der Waals surface area contributed by atoms with Gasteiger partial charge in [0.2, 0.25) is 0 Å². The van der Waals surface area contributed by atoms with Crippen LogP contribution in [0.15, 0.2) is 83.0 Å². The molecule has 0 spiro atoms. The summed E-state index contributed by atoms with van der Waals surface area (Å²) in [5, 5.41) is 1.18. The van der Waals surface area contributed by atoms with Crippen molar-refractivity contribution in [3.63, 3.8) is 0 Å². The number of aromatic nitrogens is 1. The lowest BCUT2D eigenvalue weighted by atomic mass is 9.98. The second-order valence-corrected chi connectivity index (χ2v) is 6.38. The minimum Gasteiger partial charge on any atom is -0.256 e. The molecule has 0 fully saturated rings. The van der Waals surface area contributed by atoms with Crippen LogP contribution in [0.1, 0.15) is 19.4 Å². The first-order valence-corrected chi connectivity index (χ1v) is 7.98. The number of benzene rings is 1. The second kappa shape index (κ2) is 7.37. The standard InChI is InChI=1S/C20H20BrN/c1-14(2)6-5-7-15(3)16(4)12-17-10-11-22-20-13-18(21)8-9-19(17)20/h5-11,13H,1,4,12H2,2-3H3/b6-5-,15-7+. The third-order valence-electron chi connectivity index (χ3n) is 3.48. The van der Waals surface area contributed by atoms with Crippen LogP contribution in [0, 0.1) is 0 Å². The zero-order chi connectivity index (χ0) is 16.1. The molecule has 0 saturated carbocycles. The van der Waals surface area contributed by atoms with Crippen LogP contribution in [0.5, 0.6) is 0 Å².